The van der Waals surface area contributed by atoms with Crippen molar-refractivity contribution in [3.05, 3.63) is 58.1 Å². The molecule has 0 saturated carbocycles. The second kappa shape index (κ2) is 6.74. The van der Waals surface area contributed by atoms with E-state index in [4.69, 9.17) is 5.73 Å². The van der Waals surface area contributed by atoms with Crippen LogP contribution in [0.3, 0.4) is 0 Å². The molecule has 0 saturated heterocycles. The van der Waals surface area contributed by atoms with Crippen molar-refractivity contribution < 1.29 is 4.79 Å². The average molecular weight is 348 g/mol. The van der Waals surface area contributed by atoms with Crippen molar-refractivity contribution in [2.45, 2.75) is 6.54 Å². The number of benzene rings is 2. The van der Waals surface area contributed by atoms with Crippen LogP contribution in [0.4, 0.5) is 11.4 Å². The summed E-state index contributed by atoms with van der Waals surface area (Å²) in [5, 5.41) is 2.95. The number of hydrogen-bond donors (Lipinski definition) is 2. The molecule has 0 aromatic heterocycles. The SMILES string of the molecule is CN(C)Cc1ccccc1NC(=O)c1ccc(N)c(Br)c1. The first-order valence-electron chi connectivity index (χ1n) is 6.56. The Kier molecular flexibility index (Phi) is 4.98. The summed E-state index contributed by atoms with van der Waals surface area (Å²) in [6.45, 7) is 0.766. The number of nitrogens with two attached hydrogens (primary N) is 1. The number of amides is 1. The number of nitrogens with zero attached hydrogens (tertiary/aromatic N) is 1. The van der Waals surface area contributed by atoms with E-state index in [1.54, 1.807) is 18.2 Å². The summed E-state index contributed by atoms with van der Waals surface area (Å²) < 4.78 is 0.719. The third kappa shape index (κ3) is 4.06. The molecule has 0 aliphatic rings. The Hall–Kier alpha value is -1.85. The Balaban J connectivity index is 2.21. The molecule has 2 rings (SSSR count). The Morgan fingerprint density at radius 3 is 2.62 bits per heavy atom. The van der Waals surface area contributed by atoms with Gasteiger partial charge in [0, 0.05) is 28.0 Å². The lowest BCUT2D eigenvalue weighted by molar-refractivity contribution is 0.102. The number of carbonyl (C=O) groups is 1. The minimum atomic E-state index is -0.151. The summed E-state index contributed by atoms with van der Waals surface area (Å²) in [5.74, 6) is -0.151. The zero-order valence-electron chi connectivity index (χ0n) is 12.1. The summed E-state index contributed by atoms with van der Waals surface area (Å²) >= 11 is 3.34. The van der Waals surface area contributed by atoms with Crippen LogP contribution in [0.2, 0.25) is 0 Å². The number of para-hydroxylation sites is 1. The van der Waals surface area contributed by atoms with Gasteiger partial charge in [-0.3, -0.25) is 4.79 Å². The Bertz CT molecular complexity index is 656. The Morgan fingerprint density at radius 2 is 1.95 bits per heavy atom. The quantitative estimate of drug-likeness (QED) is 0.833. The van der Waals surface area contributed by atoms with E-state index in [0.717, 1.165) is 22.3 Å². The molecule has 0 aliphatic heterocycles. The Morgan fingerprint density at radius 1 is 1.24 bits per heavy atom. The Labute approximate surface area is 133 Å². The van der Waals surface area contributed by atoms with Crippen molar-refractivity contribution in [1.82, 2.24) is 4.90 Å². The van der Waals surface area contributed by atoms with Crippen molar-refractivity contribution in [2.75, 3.05) is 25.1 Å². The number of rotatable bonds is 4. The highest BCUT2D eigenvalue weighted by Crippen LogP contribution is 2.22. The van der Waals surface area contributed by atoms with Crippen molar-refractivity contribution >= 4 is 33.2 Å². The summed E-state index contributed by atoms with van der Waals surface area (Å²) in [7, 11) is 3.99. The monoisotopic (exact) mass is 347 g/mol. The van der Waals surface area contributed by atoms with Crippen LogP contribution in [-0.2, 0) is 6.54 Å². The van der Waals surface area contributed by atoms with Gasteiger partial charge in [-0.05, 0) is 59.9 Å². The van der Waals surface area contributed by atoms with E-state index in [2.05, 4.69) is 26.1 Å². The van der Waals surface area contributed by atoms with Gasteiger partial charge in [-0.1, -0.05) is 18.2 Å². The van der Waals surface area contributed by atoms with Crippen LogP contribution in [0, 0.1) is 0 Å². The third-order valence-electron chi connectivity index (χ3n) is 3.01. The van der Waals surface area contributed by atoms with Gasteiger partial charge in [-0.2, -0.15) is 0 Å². The van der Waals surface area contributed by atoms with E-state index in [0.29, 0.717) is 11.3 Å². The summed E-state index contributed by atoms with van der Waals surface area (Å²) in [4.78, 5) is 14.4. The molecule has 110 valence electrons. The molecular weight excluding hydrogens is 330 g/mol. The lowest BCUT2D eigenvalue weighted by Gasteiger charge is -2.15. The van der Waals surface area contributed by atoms with Crippen LogP contribution >= 0.6 is 15.9 Å². The number of halogens is 1. The van der Waals surface area contributed by atoms with E-state index in [9.17, 15) is 4.79 Å². The van der Waals surface area contributed by atoms with Crippen molar-refractivity contribution in [2.24, 2.45) is 0 Å². The molecule has 2 aromatic rings. The minimum absolute atomic E-state index is 0.151. The van der Waals surface area contributed by atoms with Gasteiger partial charge in [0.1, 0.15) is 0 Å². The van der Waals surface area contributed by atoms with Crippen LogP contribution in [0.15, 0.2) is 46.9 Å². The largest absolute Gasteiger partial charge is 0.398 e. The number of hydrogen-bond acceptors (Lipinski definition) is 3. The van der Waals surface area contributed by atoms with Gasteiger partial charge in [-0.15, -0.1) is 0 Å². The first-order chi connectivity index (χ1) is 9.97. The highest BCUT2D eigenvalue weighted by Gasteiger charge is 2.10. The van der Waals surface area contributed by atoms with Crippen molar-refractivity contribution in [3.8, 4) is 0 Å². The molecule has 0 heterocycles. The van der Waals surface area contributed by atoms with Crippen molar-refractivity contribution in [3.63, 3.8) is 0 Å². The predicted molar refractivity (Wildman–Crippen MR) is 90.3 cm³/mol. The number of nitrogens with one attached hydrogen (secondary N) is 1. The zero-order valence-corrected chi connectivity index (χ0v) is 13.6. The maximum atomic E-state index is 12.3. The van der Waals surface area contributed by atoms with Crippen LogP contribution in [0.1, 0.15) is 15.9 Å². The van der Waals surface area contributed by atoms with E-state index in [-0.39, 0.29) is 5.91 Å². The lowest BCUT2D eigenvalue weighted by atomic mass is 10.1. The topological polar surface area (TPSA) is 58.4 Å². The molecule has 21 heavy (non-hydrogen) atoms. The zero-order chi connectivity index (χ0) is 15.4. The molecule has 0 bridgehead atoms. The minimum Gasteiger partial charge on any atom is -0.398 e. The number of carbonyl (C=O) groups excluding carboxylic acids is 1. The van der Waals surface area contributed by atoms with Gasteiger partial charge in [0.05, 0.1) is 0 Å². The summed E-state index contributed by atoms with van der Waals surface area (Å²) in [6, 6.07) is 12.9. The van der Waals surface area contributed by atoms with E-state index < -0.39 is 0 Å². The lowest BCUT2D eigenvalue weighted by Crippen LogP contribution is -2.16. The molecule has 0 aliphatic carbocycles. The number of nitrogen functional groups attached to an aromatic ring is 1. The first-order valence-corrected chi connectivity index (χ1v) is 7.35. The maximum Gasteiger partial charge on any atom is 0.255 e. The third-order valence-corrected chi connectivity index (χ3v) is 3.70. The van der Waals surface area contributed by atoms with Gasteiger partial charge in [-0.25, -0.2) is 0 Å². The van der Waals surface area contributed by atoms with Crippen LogP contribution in [0.25, 0.3) is 0 Å². The molecule has 1 amide bonds. The van der Waals surface area contributed by atoms with Crippen LogP contribution < -0.4 is 11.1 Å². The van der Waals surface area contributed by atoms with Gasteiger partial charge in [0.25, 0.3) is 5.91 Å². The summed E-state index contributed by atoms with van der Waals surface area (Å²) in [5.41, 5.74) is 8.81. The average Bonchev–Trinajstić information content (AvgIpc) is 2.43. The summed E-state index contributed by atoms with van der Waals surface area (Å²) in [6.07, 6.45) is 0. The second-order valence-electron chi connectivity index (χ2n) is 5.09. The molecule has 5 heteroatoms. The molecule has 0 atom stereocenters. The molecular formula is C16H18BrN3O. The second-order valence-corrected chi connectivity index (χ2v) is 5.94. The van der Waals surface area contributed by atoms with E-state index in [1.165, 1.54) is 0 Å². The normalized spacial score (nSPS) is 10.7. The van der Waals surface area contributed by atoms with Gasteiger partial charge in [0.15, 0.2) is 0 Å². The fourth-order valence-electron chi connectivity index (χ4n) is 1.98. The van der Waals surface area contributed by atoms with Gasteiger partial charge >= 0.3 is 0 Å². The highest BCUT2D eigenvalue weighted by molar-refractivity contribution is 9.10. The maximum absolute atomic E-state index is 12.3. The van der Waals surface area contributed by atoms with Crippen LogP contribution in [0.5, 0.6) is 0 Å². The molecule has 0 unspecified atom stereocenters. The number of anilines is 2. The fraction of sp³-hybridized carbons (Fsp3) is 0.188. The molecule has 0 spiro atoms. The predicted octanol–water partition coefficient (Wildman–Crippen LogP) is 3.35. The van der Waals surface area contributed by atoms with E-state index >= 15 is 0 Å². The van der Waals surface area contributed by atoms with Gasteiger partial charge in [0.2, 0.25) is 0 Å². The fourth-order valence-corrected chi connectivity index (χ4v) is 2.36. The van der Waals surface area contributed by atoms with Gasteiger partial charge < -0.3 is 16.0 Å². The first kappa shape index (κ1) is 15.5. The molecule has 0 fully saturated rings. The molecule has 4 nitrogen and oxygen atoms in total. The van der Waals surface area contributed by atoms with Crippen molar-refractivity contribution in [1.29, 1.82) is 0 Å². The molecule has 3 N–H and O–H groups in total. The highest BCUT2D eigenvalue weighted by atomic mass is 79.9. The standard InChI is InChI=1S/C16H18BrN3O/c1-20(2)10-12-5-3-4-6-15(12)19-16(21)11-7-8-14(18)13(17)9-11/h3-9H,10,18H2,1-2H3,(H,19,21). The van der Waals surface area contributed by atoms with Crippen LogP contribution in [-0.4, -0.2) is 24.9 Å². The molecule has 2 aromatic carbocycles. The molecule has 0 radical (unpaired) electrons. The smallest absolute Gasteiger partial charge is 0.255 e. The van der Waals surface area contributed by atoms with E-state index in [1.807, 2.05) is 38.4 Å².